The van der Waals surface area contributed by atoms with Gasteiger partial charge in [-0.25, -0.2) is 9.18 Å². The van der Waals surface area contributed by atoms with Gasteiger partial charge in [0, 0.05) is 36.7 Å². The van der Waals surface area contributed by atoms with Crippen LogP contribution in [0.25, 0.3) is 10.9 Å². The Bertz CT molecular complexity index is 783. The van der Waals surface area contributed by atoms with E-state index in [-0.39, 0.29) is 17.8 Å². The van der Waals surface area contributed by atoms with Crippen molar-refractivity contribution in [2.45, 2.75) is 38.6 Å². The number of urea groups is 1. The molecular weight excluding hydrogens is 335 g/mol. The van der Waals surface area contributed by atoms with Gasteiger partial charge in [-0.1, -0.05) is 0 Å². The molecule has 1 fully saturated rings. The minimum absolute atomic E-state index is 0.0292. The largest absolute Gasteiger partial charge is 0.361 e. The van der Waals surface area contributed by atoms with Crippen LogP contribution in [0.1, 0.15) is 31.7 Å². The molecule has 7 heteroatoms. The molecule has 0 saturated carbocycles. The fourth-order valence-corrected chi connectivity index (χ4v) is 3.37. The number of piperidine rings is 1. The van der Waals surface area contributed by atoms with E-state index in [4.69, 9.17) is 0 Å². The average Bonchev–Trinajstić information content (AvgIpc) is 3.03. The van der Waals surface area contributed by atoms with Gasteiger partial charge in [0.05, 0.1) is 0 Å². The number of amides is 3. The molecule has 0 spiro atoms. The molecule has 0 bridgehead atoms. The van der Waals surface area contributed by atoms with E-state index in [9.17, 15) is 14.0 Å². The minimum atomic E-state index is -0.538. The monoisotopic (exact) mass is 360 g/mol. The summed E-state index contributed by atoms with van der Waals surface area (Å²) < 4.78 is 13.2. The molecule has 26 heavy (non-hydrogen) atoms. The van der Waals surface area contributed by atoms with Gasteiger partial charge in [0.2, 0.25) is 5.91 Å². The van der Waals surface area contributed by atoms with Gasteiger partial charge >= 0.3 is 6.03 Å². The summed E-state index contributed by atoms with van der Waals surface area (Å²) in [4.78, 5) is 29.2. The number of halogens is 1. The van der Waals surface area contributed by atoms with Crippen LogP contribution >= 0.6 is 0 Å². The summed E-state index contributed by atoms with van der Waals surface area (Å²) in [7, 11) is 0. The maximum absolute atomic E-state index is 13.2. The molecule has 1 atom stereocenters. The fraction of sp³-hybridized carbons (Fsp3) is 0.474. The number of hydrogen-bond acceptors (Lipinski definition) is 2. The first-order chi connectivity index (χ1) is 12.5. The van der Waals surface area contributed by atoms with Crippen LogP contribution in [0.2, 0.25) is 0 Å². The third kappa shape index (κ3) is 4.33. The molecule has 140 valence electrons. The lowest BCUT2D eigenvalue weighted by atomic mass is 10.1. The lowest BCUT2D eigenvalue weighted by molar-refractivity contribution is -0.133. The second-order valence-electron chi connectivity index (χ2n) is 6.76. The Hall–Kier alpha value is -2.57. The molecule has 1 aromatic heterocycles. The van der Waals surface area contributed by atoms with Crippen molar-refractivity contribution in [1.29, 1.82) is 0 Å². The Balaban J connectivity index is 1.45. The third-order valence-corrected chi connectivity index (χ3v) is 4.80. The number of H-pyrrole nitrogens is 1. The van der Waals surface area contributed by atoms with Crippen LogP contribution in [-0.2, 0) is 11.2 Å². The quantitative estimate of drug-likeness (QED) is 0.766. The molecule has 0 aliphatic carbocycles. The SMILES string of the molecule is C[C@H](NC(=O)NCCc1c[nH]c2cc(F)ccc12)C(=O)N1CCCCC1. The van der Waals surface area contributed by atoms with E-state index in [1.807, 2.05) is 11.1 Å². The molecule has 3 amide bonds. The van der Waals surface area contributed by atoms with Crippen molar-refractivity contribution in [3.63, 3.8) is 0 Å². The molecule has 0 radical (unpaired) electrons. The van der Waals surface area contributed by atoms with E-state index in [1.54, 1.807) is 13.0 Å². The zero-order chi connectivity index (χ0) is 18.5. The van der Waals surface area contributed by atoms with E-state index >= 15 is 0 Å². The van der Waals surface area contributed by atoms with Crippen LogP contribution in [0.3, 0.4) is 0 Å². The van der Waals surface area contributed by atoms with E-state index in [0.717, 1.165) is 48.8 Å². The van der Waals surface area contributed by atoms with Gasteiger partial charge in [0.15, 0.2) is 0 Å². The average molecular weight is 360 g/mol. The predicted molar refractivity (Wildman–Crippen MR) is 98.4 cm³/mol. The first-order valence-electron chi connectivity index (χ1n) is 9.13. The van der Waals surface area contributed by atoms with Crippen LogP contribution in [0.4, 0.5) is 9.18 Å². The zero-order valence-electron chi connectivity index (χ0n) is 15.0. The molecule has 1 saturated heterocycles. The fourth-order valence-electron chi connectivity index (χ4n) is 3.37. The maximum atomic E-state index is 13.2. The standard InChI is InChI=1S/C19H25FN4O2/c1-13(18(25)24-9-3-2-4-10-24)23-19(26)21-8-7-14-12-22-17-11-15(20)5-6-16(14)17/h5-6,11-13,22H,2-4,7-10H2,1H3,(H2,21,23,26)/t13-/m0/s1. The van der Waals surface area contributed by atoms with Crippen molar-refractivity contribution in [1.82, 2.24) is 20.5 Å². The highest BCUT2D eigenvalue weighted by Gasteiger charge is 2.23. The van der Waals surface area contributed by atoms with Gasteiger partial charge in [0.1, 0.15) is 11.9 Å². The molecule has 1 aliphatic heterocycles. The second-order valence-corrected chi connectivity index (χ2v) is 6.76. The topological polar surface area (TPSA) is 77.2 Å². The van der Waals surface area contributed by atoms with Crippen LogP contribution in [0.5, 0.6) is 0 Å². The van der Waals surface area contributed by atoms with Crippen molar-refractivity contribution in [2.24, 2.45) is 0 Å². The highest BCUT2D eigenvalue weighted by atomic mass is 19.1. The number of likely N-dealkylation sites (tertiary alicyclic amines) is 1. The van der Waals surface area contributed by atoms with Gasteiger partial charge in [-0.3, -0.25) is 4.79 Å². The molecule has 2 heterocycles. The smallest absolute Gasteiger partial charge is 0.315 e. The summed E-state index contributed by atoms with van der Waals surface area (Å²) in [6, 6.07) is 3.72. The molecule has 3 rings (SSSR count). The number of rotatable bonds is 5. The summed E-state index contributed by atoms with van der Waals surface area (Å²) >= 11 is 0. The van der Waals surface area contributed by atoms with E-state index in [2.05, 4.69) is 15.6 Å². The number of carbonyl (C=O) groups excluding carboxylic acids is 2. The Kier molecular flexibility index (Phi) is 5.75. The molecular formula is C19H25FN4O2. The summed E-state index contributed by atoms with van der Waals surface area (Å²) in [5, 5.41) is 6.43. The summed E-state index contributed by atoms with van der Waals surface area (Å²) in [5.41, 5.74) is 1.75. The molecule has 0 unspecified atom stereocenters. The van der Waals surface area contributed by atoms with Gasteiger partial charge in [0.25, 0.3) is 0 Å². The van der Waals surface area contributed by atoms with E-state index in [1.165, 1.54) is 12.1 Å². The number of fused-ring (bicyclic) bond motifs is 1. The van der Waals surface area contributed by atoms with Gasteiger partial charge < -0.3 is 20.5 Å². The van der Waals surface area contributed by atoms with Crippen molar-refractivity contribution in [2.75, 3.05) is 19.6 Å². The second kappa shape index (κ2) is 8.21. The summed E-state index contributed by atoms with van der Waals surface area (Å²) in [5.74, 6) is -0.311. The number of aromatic nitrogens is 1. The highest BCUT2D eigenvalue weighted by molar-refractivity contribution is 5.87. The Morgan fingerprint density at radius 3 is 2.81 bits per heavy atom. The molecule has 2 aromatic rings. The van der Waals surface area contributed by atoms with Crippen LogP contribution in [0.15, 0.2) is 24.4 Å². The molecule has 3 N–H and O–H groups in total. The van der Waals surface area contributed by atoms with Gasteiger partial charge in [-0.05, 0) is 56.4 Å². The lowest BCUT2D eigenvalue weighted by Crippen LogP contribution is -2.51. The maximum Gasteiger partial charge on any atom is 0.315 e. The number of nitrogens with zero attached hydrogens (tertiary/aromatic N) is 1. The number of aromatic amines is 1. The van der Waals surface area contributed by atoms with Crippen molar-refractivity contribution in [3.8, 4) is 0 Å². The summed E-state index contributed by atoms with van der Waals surface area (Å²) in [6.45, 7) is 3.69. The minimum Gasteiger partial charge on any atom is -0.361 e. The van der Waals surface area contributed by atoms with Crippen LogP contribution in [0, 0.1) is 5.82 Å². The van der Waals surface area contributed by atoms with Crippen molar-refractivity contribution < 1.29 is 14.0 Å². The highest BCUT2D eigenvalue weighted by Crippen LogP contribution is 2.19. The lowest BCUT2D eigenvalue weighted by Gasteiger charge is -2.29. The third-order valence-electron chi connectivity index (χ3n) is 4.80. The van der Waals surface area contributed by atoms with Crippen molar-refractivity contribution in [3.05, 3.63) is 35.8 Å². The Morgan fingerprint density at radius 2 is 2.04 bits per heavy atom. The predicted octanol–water partition coefficient (Wildman–Crippen LogP) is 2.55. The van der Waals surface area contributed by atoms with E-state index in [0.29, 0.717) is 13.0 Å². The molecule has 6 nitrogen and oxygen atoms in total. The number of benzene rings is 1. The van der Waals surface area contributed by atoms with Gasteiger partial charge in [-0.2, -0.15) is 0 Å². The summed E-state index contributed by atoms with van der Waals surface area (Å²) in [6.07, 6.45) is 5.66. The molecule has 1 aromatic carbocycles. The Morgan fingerprint density at radius 1 is 1.27 bits per heavy atom. The normalized spacial score (nSPS) is 15.7. The first kappa shape index (κ1) is 18.2. The first-order valence-corrected chi connectivity index (χ1v) is 9.13. The van der Waals surface area contributed by atoms with Crippen molar-refractivity contribution >= 4 is 22.8 Å². The zero-order valence-corrected chi connectivity index (χ0v) is 15.0. The number of nitrogens with one attached hydrogen (secondary N) is 3. The number of hydrogen-bond donors (Lipinski definition) is 3. The van der Waals surface area contributed by atoms with Gasteiger partial charge in [-0.15, -0.1) is 0 Å². The number of carbonyl (C=O) groups is 2. The molecule has 1 aliphatic rings. The Labute approximate surface area is 152 Å². The van der Waals surface area contributed by atoms with E-state index < -0.39 is 6.04 Å². The van der Waals surface area contributed by atoms with Crippen LogP contribution in [-0.4, -0.2) is 47.5 Å². The van der Waals surface area contributed by atoms with Crippen LogP contribution < -0.4 is 10.6 Å².